The van der Waals surface area contributed by atoms with Crippen molar-refractivity contribution in [2.75, 3.05) is 6.54 Å². The molecular formula is C13H13NO3. The summed E-state index contributed by atoms with van der Waals surface area (Å²) in [7, 11) is 0. The second kappa shape index (κ2) is 3.96. The first-order valence-electron chi connectivity index (χ1n) is 5.81. The molecule has 4 nitrogen and oxygen atoms in total. The van der Waals surface area contributed by atoms with Crippen molar-refractivity contribution in [2.24, 2.45) is 5.92 Å². The number of piperidine rings is 1. The topological polar surface area (TPSA) is 46.6 Å². The number of fused-ring (bicyclic) bond motifs is 2. The quantitative estimate of drug-likeness (QED) is 0.772. The SMILES string of the molecule is O=C(ON1CC2CC1CC2=O)c1ccccc1. The van der Waals surface area contributed by atoms with Gasteiger partial charge in [0.15, 0.2) is 0 Å². The first-order valence-corrected chi connectivity index (χ1v) is 5.81. The van der Waals surface area contributed by atoms with Gasteiger partial charge < -0.3 is 4.84 Å². The van der Waals surface area contributed by atoms with Crippen LogP contribution in [0.25, 0.3) is 0 Å². The van der Waals surface area contributed by atoms with Crippen molar-refractivity contribution >= 4 is 11.8 Å². The van der Waals surface area contributed by atoms with E-state index in [1.165, 1.54) is 0 Å². The number of Topliss-reactive ketones (excluding diaryl/α,β-unsaturated/α-hetero) is 1. The summed E-state index contributed by atoms with van der Waals surface area (Å²) in [6.45, 7) is 0.558. The van der Waals surface area contributed by atoms with E-state index in [1.54, 1.807) is 29.3 Å². The average Bonchev–Trinajstić information content (AvgIpc) is 2.89. The first-order chi connectivity index (χ1) is 8.24. The third-order valence-corrected chi connectivity index (χ3v) is 3.47. The van der Waals surface area contributed by atoms with E-state index in [2.05, 4.69) is 0 Å². The molecule has 1 aliphatic carbocycles. The van der Waals surface area contributed by atoms with Crippen molar-refractivity contribution < 1.29 is 14.4 Å². The van der Waals surface area contributed by atoms with Crippen LogP contribution in [0.3, 0.4) is 0 Å². The Balaban J connectivity index is 1.66. The van der Waals surface area contributed by atoms with Gasteiger partial charge in [0.2, 0.25) is 0 Å². The standard InChI is InChI=1S/C13H13NO3/c15-12-7-11-6-10(12)8-14(11)17-13(16)9-4-2-1-3-5-9/h1-5,10-11H,6-8H2. The van der Waals surface area contributed by atoms with Crippen LogP contribution in [0.2, 0.25) is 0 Å². The Morgan fingerprint density at radius 3 is 2.65 bits per heavy atom. The monoisotopic (exact) mass is 231 g/mol. The minimum Gasteiger partial charge on any atom is -0.364 e. The normalized spacial score (nSPS) is 27.4. The van der Waals surface area contributed by atoms with E-state index in [0.29, 0.717) is 24.3 Å². The molecule has 0 spiro atoms. The lowest BCUT2D eigenvalue weighted by molar-refractivity contribution is -0.145. The van der Waals surface area contributed by atoms with E-state index in [1.807, 2.05) is 6.07 Å². The third-order valence-electron chi connectivity index (χ3n) is 3.47. The zero-order valence-corrected chi connectivity index (χ0v) is 9.33. The van der Waals surface area contributed by atoms with Crippen molar-refractivity contribution in [3.63, 3.8) is 0 Å². The van der Waals surface area contributed by atoms with Gasteiger partial charge in [0, 0.05) is 18.9 Å². The highest BCUT2D eigenvalue weighted by molar-refractivity contribution is 5.89. The van der Waals surface area contributed by atoms with E-state index in [4.69, 9.17) is 4.84 Å². The molecule has 1 heterocycles. The highest BCUT2D eigenvalue weighted by Crippen LogP contribution is 2.35. The summed E-state index contributed by atoms with van der Waals surface area (Å²) in [4.78, 5) is 28.5. The van der Waals surface area contributed by atoms with Crippen LogP contribution in [0.1, 0.15) is 23.2 Å². The molecule has 0 amide bonds. The van der Waals surface area contributed by atoms with E-state index in [-0.39, 0.29) is 17.9 Å². The van der Waals surface area contributed by atoms with Crippen LogP contribution in [-0.4, -0.2) is 29.4 Å². The van der Waals surface area contributed by atoms with Gasteiger partial charge in [-0.25, -0.2) is 4.79 Å². The maximum atomic E-state index is 11.8. The number of nitrogens with zero attached hydrogens (tertiary/aromatic N) is 1. The Morgan fingerprint density at radius 1 is 1.29 bits per heavy atom. The summed E-state index contributed by atoms with van der Waals surface area (Å²) >= 11 is 0. The van der Waals surface area contributed by atoms with Crippen LogP contribution in [0.15, 0.2) is 30.3 Å². The van der Waals surface area contributed by atoms with Gasteiger partial charge in [-0.2, -0.15) is 0 Å². The summed E-state index contributed by atoms with van der Waals surface area (Å²) in [5.74, 6) is 0.0381. The molecule has 0 N–H and O–H groups in total. The Bertz CT molecular complexity index is 457. The predicted octanol–water partition coefficient (Wildman–Crippen LogP) is 1.42. The van der Waals surface area contributed by atoms with Crippen LogP contribution in [0.5, 0.6) is 0 Å². The zero-order valence-electron chi connectivity index (χ0n) is 9.33. The van der Waals surface area contributed by atoms with Gasteiger partial charge in [-0.3, -0.25) is 4.79 Å². The number of rotatable bonds is 2. The molecule has 2 fully saturated rings. The van der Waals surface area contributed by atoms with Gasteiger partial charge >= 0.3 is 5.97 Å². The van der Waals surface area contributed by atoms with E-state index in [9.17, 15) is 9.59 Å². The molecule has 1 saturated heterocycles. The smallest absolute Gasteiger partial charge is 0.357 e. The fourth-order valence-electron chi connectivity index (χ4n) is 2.55. The molecule has 17 heavy (non-hydrogen) atoms. The van der Waals surface area contributed by atoms with Crippen LogP contribution >= 0.6 is 0 Å². The second-order valence-corrected chi connectivity index (χ2v) is 4.60. The lowest BCUT2D eigenvalue weighted by Crippen LogP contribution is -2.37. The molecule has 4 heteroatoms. The van der Waals surface area contributed by atoms with Gasteiger partial charge in [-0.05, 0) is 18.6 Å². The van der Waals surface area contributed by atoms with Crippen LogP contribution in [0.4, 0.5) is 0 Å². The molecule has 1 aromatic rings. The number of hydrogen-bond donors (Lipinski definition) is 0. The third kappa shape index (κ3) is 1.85. The fraction of sp³-hybridized carbons (Fsp3) is 0.385. The molecule has 2 atom stereocenters. The predicted molar refractivity (Wildman–Crippen MR) is 60.1 cm³/mol. The van der Waals surface area contributed by atoms with Gasteiger partial charge in [0.1, 0.15) is 5.78 Å². The van der Waals surface area contributed by atoms with Gasteiger partial charge in [-0.1, -0.05) is 18.2 Å². The highest BCUT2D eigenvalue weighted by Gasteiger charge is 2.45. The summed E-state index contributed by atoms with van der Waals surface area (Å²) in [6, 6.07) is 9.00. The molecule has 1 aromatic carbocycles. The summed E-state index contributed by atoms with van der Waals surface area (Å²) in [6.07, 6.45) is 1.35. The molecule has 2 aliphatic rings. The zero-order chi connectivity index (χ0) is 11.8. The summed E-state index contributed by atoms with van der Waals surface area (Å²) < 4.78 is 0. The van der Waals surface area contributed by atoms with E-state index < -0.39 is 0 Å². The first kappa shape index (κ1) is 10.5. The van der Waals surface area contributed by atoms with Crippen LogP contribution in [-0.2, 0) is 9.63 Å². The Morgan fingerprint density at radius 2 is 2.06 bits per heavy atom. The Kier molecular flexibility index (Phi) is 2.44. The van der Waals surface area contributed by atoms with Gasteiger partial charge in [0.05, 0.1) is 11.6 Å². The number of benzene rings is 1. The molecule has 3 rings (SSSR count). The van der Waals surface area contributed by atoms with Gasteiger partial charge in [0.25, 0.3) is 0 Å². The molecule has 1 aliphatic heterocycles. The lowest BCUT2D eigenvalue weighted by Gasteiger charge is -2.24. The number of ketones is 1. The van der Waals surface area contributed by atoms with Gasteiger partial charge in [-0.15, -0.1) is 5.06 Å². The number of carbonyl (C=O) groups is 2. The second-order valence-electron chi connectivity index (χ2n) is 4.60. The van der Waals surface area contributed by atoms with E-state index in [0.717, 1.165) is 6.42 Å². The number of hydroxylamine groups is 2. The van der Waals surface area contributed by atoms with Crippen molar-refractivity contribution in [1.29, 1.82) is 0 Å². The van der Waals surface area contributed by atoms with Crippen molar-refractivity contribution in [3.8, 4) is 0 Å². The maximum Gasteiger partial charge on any atom is 0.357 e. The molecule has 2 bridgehead atoms. The van der Waals surface area contributed by atoms with Crippen molar-refractivity contribution in [2.45, 2.75) is 18.9 Å². The lowest BCUT2D eigenvalue weighted by atomic mass is 10.1. The molecule has 0 aromatic heterocycles. The molecular weight excluding hydrogens is 218 g/mol. The number of hydrogen-bond acceptors (Lipinski definition) is 4. The Labute approximate surface area is 99.1 Å². The average molecular weight is 231 g/mol. The number of carbonyl (C=O) groups excluding carboxylic acids is 2. The summed E-state index contributed by atoms with van der Waals surface area (Å²) in [5, 5.41) is 1.67. The van der Waals surface area contributed by atoms with Crippen molar-refractivity contribution in [1.82, 2.24) is 5.06 Å². The highest BCUT2D eigenvalue weighted by atomic mass is 16.7. The molecule has 1 saturated carbocycles. The largest absolute Gasteiger partial charge is 0.364 e. The Hall–Kier alpha value is -1.68. The minimum atomic E-state index is -0.342. The molecule has 2 unspecified atom stereocenters. The van der Waals surface area contributed by atoms with Crippen molar-refractivity contribution in [3.05, 3.63) is 35.9 Å². The van der Waals surface area contributed by atoms with Crippen LogP contribution in [0, 0.1) is 5.92 Å². The minimum absolute atomic E-state index is 0.0728. The van der Waals surface area contributed by atoms with Crippen LogP contribution < -0.4 is 0 Å². The molecule has 0 radical (unpaired) electrons. The maximum absolute atomic E-state index is 11.8. The summed E-state index contributed by atoms with van der Waals surface area (Å²) in [5.41, 5.74) is 0.543. The fourth-order valence-corrected chi connectivity index (χ4v) is 2.55. The van der Waals surface area contributed by atoms with E-state index >= 15 is 0 Å². The molecule has 88 valence electrons.